The monoisotopic (exact) mass is 1590 g/mol. The molecule has 0 aliphatic rings. The molecular formula is C89H86Cl2N2O19S. The van der Waals surface area contributed by atoms with Gasteiger partial charge in [0.2, 0.25) is 0 Å². The van der Waals surface area contributed by atoms with Crippen LogP contribution in [0.3, 0.4) is 0 Å². The average molecular weight is 1590 g/mol. The van der Waals surface area contributed by atoms with Crippen molar-refractivity contribution in [2.45, 2.75) is 59.3 Å². The third kappa shape index (κ3) is 30.4. The third-order valence-electron chi connectivity index (χ3n) is 15.8. The first-order chi connectivity index (χ1) is 54.2. The lowest BCUT2D eigenvalue weighted by molar-refractivity contribution is -0.107. The summed E-state index contributed by atoms with van der Waals surface area (Å²) in [7, 11) is 0. The Balaban J connectivity index is 0.000000328. The van der Waals surface area contributed by atoms with Gasteiger partial charge in [-0.25, -0.2) is 4.79 Å². The predicted octanol–water partition coefficient (Wildman–Crippen LogP) is 18.8. The highest BCUT2D eigenvalue weighted by Gasteiger charge is 2.15. The molecule has 0 saturated heterocycles. The highest BCUT2D eigenvalue weighted by atomic mass is 35.5. The predicted molar refractivity (Wildman–Crippen MR) is 446 cm³/mol. The van der Waals surface area contributed by atoms with Gasteiger partial charge >= 0.3 is 5.97 Å². The van der Waals surface area contributed by atoms with E-state index in [0.29, 0.717) is 101 Å². The normalized spacial score (nSPS) is 9.66. The summed E-state index contributed by atoms with van der Waals surface area (Å²) in [5, 5.41) is 86.2. The Bertz CT molecular complexity index is 5140. The van der Waals surface area contributed by atoms with Gasteiger partial charge in [-0.3, -0.25) is 38.4 Å². The SMILES string of the molecule is C=CCc1cccc(C=O)c1O.CCN(CC)c1cc(O)c(C=O)c2ccccc12.Cc1ccc(C(C)C)c(C=O)c1O.ClCc1ccc(Cl)s1.Nc1ccc(C=O)c(O)c1.O=CCc1ccccc1O.O=Cc1c(O)ccc2ccccc12.O=Cc1cccc(O)c1.O=Cc1ccccc1C(=O)O.O=Cc1ccccc1O. The minimum atomic E-state index is -1.08. The number of nitrogens with zero attached hydrogens (tertiary/aromatic N) is 1. The Labute approximate surface area is 667 Å². The number of nitrogens with two attached hydrogens (primary N) is 1. The van der Waals surface area contributed by atoms with Crippen LogP contribution in [0.4, 0.5) is 11.4 Å². The number of benzene rings is 11. The van der Waals surface area contributed by atoms with Crippen molar-refractivity contribution < 1.29 is 93.9 Å². The van der Waals surface area contributed by atoms with Crippen LogP contribution in [-0.4, -0.2) is 122 Å². The molecule has 0 bridgehead atoms. The van der Waals surface area contributed by atoms with Crippen LogP contribution in [0.2, 0.25) is 4.34 Å². The molecule has 12 rings (SSSR count). The molecule has 12 aromatic rings. The molecule has 0 amide bonds. The number of anilines is 2. The fraction of sp³-hybridized carbons (Fsp3) is 0.124. The smallest absolute Gasteiger partial charge is 0.336 e. The fourth-order valence-electron chi connectivity index (χ4n) is 9.95. The first kappa shape index (κ1) is 93.7. The second kappa shape index (κ2) is 51.0. The number of carbonyl (C=O) groups is 10. The lowest BCUT2D eigenvalue weighted by Gasteiger charge is -2.23. The number of aromatic carboxylic acids is 1. The van der Waals surface area contributed by atoms with E-state index in [1.165, 1.54) is 59.9 Å². The van der Waals surface area contributed by atoms with Gasteiger partial charge in [0.1, 0.15) is 58.6 Å². The van der Waals surface area contributed by atoms with Gasteiger partial charge in [0, 0.05) is 70.0 Å². The highest BCUT2D eigenvalue weighted by Crippen LogP contribution is 2.36. The topological polar surface area (TPSA) is 382 Å². The number of aldehydes is 9. The number of nitrogen functional groups attached to an aromatic ring is 1. The number of hydrogen-bond donors (Lipinski definition) is 10. The number of allylic oxidation sites excluding steroid dienone is 1. The number of carboxylic acid groups (broad SMARTS) is 1. The molecule has 21 nitrogen and oxygen atoms in total. The molecule has 24 heteroatoms. The standard InChI is InChI=1S/C15H17NO2.C11H8O2.C11H14O2.C10H10O2.C8H6O3.C8H8O2.C7H7NO2.2C7H6O2.C5H4Cl2S/c1-3-16(4-2)14-9-15(18)13(10-17)11-7-5-6-8-12(11)14;12-7-10-9-4-2-1-3-8(9)5-6-11(10)13;1-7(2)9-5-4-8(3)11(13)10(9)6-12;1-2-4-8-5-3-6-9(7-11)10(8)12;9-5-6-3-1-2-4-7(6)8(10)11;9-6-5-7-3-1-2-4-8(7)10;8-6-2-1-5(4-9)7(10)3-6;8-5-6-2-1-3-7(9)4-6;8-5-6-3-1-2-4-7(6)9;6-3-4-1-2-5(7)8-4/h5-10,18H,3-4H2,1-2H3;1-7,13H;4-7,13H,1-3H3;2-3,5-7,12H,1,4H2;1-5H,(H,10,11);1-4,6,10H,5H2;1-4,10H,8H2;2*1-5,9H;1-2H,3H2. The van der Waals surface area contributed by atoms with Crippen molar-refractivity contribution in [1.82, 2.24) is 0 Å². The first-order valence-corrected chi connectivity index (χ1v) is 36.0. The quantitative estimate of drug-likeness (QED) is 0.0165. The number of aryl methyl sites for hydroxylation is 1. The molecule has 0 radical (unpaired) electrons. The maximum absolute atomic E-state index is 11.1. The summed E-state index contributed by atoms with van der Waals surface area (Å²) in [6, 6.07) is 62.6. The van der Waals surface area contributed by atoms with Crippen LogP contribution in [-0.2, 0) is 23.5 Å². The van der Waals surface area contributed by atoms with Gasteiger partial charge in [-0.15, -0.1) is 29.5 Å². The molecule has 0 aliphatic heterocycles. The summed E-state index contributed by atoms with van der Waals surface area (Å²) < 4.78 is 0.806. The minimum Gasteiger partial charge on any atom is -0.508 e. The molecule has 1 aromatic heterocycles. The summed E-state index contributed by atoms with van der Waals surface area (Å²) >= 11 is 12.6. The molecule has 0 fully saturated rings. The number of phenolic OH excluding ortho intramolecular Hbond substituents is 8. The lowest BCUT2D eigenvalue weighted by atomic mass is 9.95. The zero-order valence-corrected chi connectivity index (χ0v) is 64.6. The Morgan fingerprint density at radius 1 is 0.478 bits per heavy atom. The number of carbonyl (C=O) groups excluding carboxylic acids is 9. The molecule has 0 spiro atoms. The molecule has 0 saturated carbocycles. The third-order valence-corrected chi connectivity index (χ3v) is 17.5. The lowest BCUT2D eigenvalue weighted by Crippen LogP contribution is -2.22. The van der Waals surface area contributed by atoms with Crippen molar-refractivity contribution in [2.75, 3.05) is 23.7 Å². The van der Waals surface area contributed by atoms with Crippen molar-refractivity contribution in [3.05, 3.63) is 319 Å². The van der Waals surface area contributed by atoms with Crippen molar-refractivity contribution in [1.29, 1.82) is 0 Å². The summed E-state index contributed by atoms with van der Waals surface area (Å²) in [4.78, 5) is 107. The fourth-order valence-corrected chi connectivity index (χ4v) is 11.1. The molecule has 11 aromatic carbocycles. The molecular weight excluding hydrogens is 1500 g/mol. The number of thiophene rings is 1. The Hall–Kier alpha value is -13.5. The Kier molecular flexibility index (Phi) is 42.2. The number of alkyl halides is 1. The van der Waals surface area contributed by atoms with Crippen LogP contribution in [0.1, 0.15) is 154 Å². The number of fused-ring (bicyclic) bond motifs is 2. The average Bonchev–Trinajstić information content (AvgIpc) is 0.836. The number of hydrogen-bond acceptors (Lipinski definition) is 21. The van der Waals surface area contributed by atoms with Gasteiger partial charge < -0.3 is 61.4 Å². The molecule has 113 heavy (non-hydrogen) atoms. The minimum absolute atomic E-state index is 0.0347. The zero-order chi connectivity index (χ0) is 84.0. The van der Waals surface area contributed by atoms with E-state index in [2.05, 4.69) is 25.3 Å². The van der Waals surface area contributed by atoms with Crippen LogP contribution in [0.15, 0.2) is 237 Å². The van der Waals surface area contributed by atoms with Crippen molar-refractivity contribution in [3.8, 4) is 46.0 Å². The maximum atomic E-state index is 11.1. The van der Waals surface area contributed by atoms with E-state index in [1.54, 1.807) is 116 Å². The van der Waals surface area contributed by atoms with Gasteiger partial charge in [0.05, 0.1) is 49.2 Å². The molecule has 0 unspecified atom stereocenters. The van der Waals surface area contributed by atoms with E-state index in [4.69, 9.17) is 54.5 Å². The van der Waals surface area contributed by atoms with Crippen LogP contribution in [0.5, 0.6) is 46.0 Å². The second-order valence-corrected chi connectivity index (χ2v) is 25.7. The van der Waals surface area contributed by atoms with Crippen molar-refractivity contribution in [3.63, 3.8) is 0 Å². The number of rotatable bonds is 18. The van der Waals surface area contributed by atoms with E-state index in [-0.39, 0.29) is 75.0 Å². The van der Waals surface area contributed by atoms with E-state index < -0.39 is 5.97 Å². The van der Waals surface area contributed by atoms with Crippen molar-refractivity contribution in [2.24, 2.45) is 0 Å². The first-order valence-electron chi connectivity index (χ1n) is 34.3. The number of para-hydroxylation sites is 3. The van der Waals surface area contributed by atoms with Gasteiger partial charge in [-0.1, -0.05) is 171 Å². The van der Waals surface area contributed by atoms with E-state index in [1.807, 2.05) is 86.6 Å². The van der Waals surface area contributed by atoms with Crippen molar-refractivity contribution >= 4 is 130 Å². The van der Waals surface area contributed by atoms with E-state index in [0.717, 1.165) is 78.8 Å². The molecule has 0 aliphatic carbocycles. The van der Waals surface area contributed by atoms with E-state index in [9.17, 15) is 68.4 Å². The molecule has 11 N–H and O–H groups in total. The highest BCUT2D eigenvalue weighted by molar-refractivity contribution is 7.16. The second-order valence-electron chi connectivity index (χ2n) is 23.6. The Morgan fingerprint density at radius 3 is 1.51 bits per heavy atom. The van der Waals surface area contributed by atoms with Crippen LogP contribution < -0.4 is 10.6 Å². The molecule has 586 valence electrons. The Morgan fingerprint density at radius 2 is 1.02 bits per heavy atom. The van der Waals surface area contributed by atoms with Gasteiger partial charge in [0.25, 0.3) is 0 Å². The van der Waals surface area contributed by atoms with Gasteiger partial charge in [-0.2, -0.15) is 0 Å². The number of aromatic hydroxyl groups is 8. The molecule has 0 atom stereocenters. The van der Waals surface area contributed by atoms with Crippen LogP contribution in [0.25, 0.3) is 21.5 Å². The van der Waals surface area contributed by atoms with Gasteiger partial charge in [-0.05, 0) is 139 Å². The van der Waals surface area contributed by atoms with Crippen LogP contribution >= 0.6 is 34.5 Å². The molecule has 1 heterocycles. The number of phenols is 8. The summed E-state index contributed by atoms with van der Waals surface area (Å²) in [6.45, 7) is 15.2. The zero-order valence-electron chi connectivity index (χ0n) is 62.3. The summed E-state index contributed by atoms with van der Waals surface area (Å²) in [5.41, 5.74) is 12.6. The number of halogens is 2. The largest absolute Gasteiger partial charge is 0.508 e. The van der Waals surface area contributed by atoms with Crippen LogP contribution in [0, 0.1) is 6.92 Å². The maximum Gasteiger partial charge on any atom is 0.336 e. The van der Waals surface area contributed by atoms with Gasteiger partial charge in [0.15, 0.2) is 44.0 Å². The summed E-state index contributed by atoms with van der Waals surface area (Å²) in [6.07, 6.45) is 8.49. The number of carboxylic acids is 1. The summed E-state index contributed by atoms with van der Waals surface area (Å²) in [5.74, 6) is 0.279. The van der Waals surface area contributed by atoms with E-state index >= 15 is 0 Å².